The number of ether oxygens (including phenoxy) is 2. The van der Waals surface area contributed by atoms with Gasteiger partial charge in [0.15, 0.2) is 0 Å². The van der Waals surface area contributed by atoms with Crippen LogP contribution in [0.5, 0.6) is 0 Å². The van der Waals surface area contributed by atoms with E-state index in [4.69, 9.17) is 17.0 Å². The first kappa shape index (κ1) is 11.7. The summed E-state index contributed by atoms with van der Waals surface area (Å²) in [5, 5.41) is 0. The Kier molecular flexibility index (Phi) is 4.55. The van der Waals surface area contributed by atoms with Crippen LogP contribution >= 0.6 is 24.0 Å². The average molecular weight is 208 g/mol. The van der Waals surface area contributed by atoms with Gasteiger partial charge in [-0.15, -0.1) is 0 Å². The highest BCUT2D eigenvalue weighted by molar-refractivity contribution is 8.23. The lowest BCUT2D eigenvalue weighted by molar-refractivity contribution is -0.142. The van der Waals surface area contributed by atoms with Crippen LogP contribution in [0.2, 0.25) is 0 Å². The van der Waals surface area contributed by atoms with Crippen molar-refractivity contribution in [2.24, 2.45) is 0 Å². The maximum Gasteiger partial charge on any atom is 0.321 e. The summed E-state index contributed by atoms with van der Waals surface area (Å²) >= 11 is 5.97. The second-order valence-electron chi connectivity index (χ2n) is 2.56. The van der Waals surface area contributed by atoms with Crippen molar-refractivity contribution in [1.29, 1.82) is 0 Å². The predicted molar refractivity (Wildman–Crippen MR) is 53.3 cm³/mol. The number of carbonyl (C=O) groups is 1. The van der Waals surface area contributed by atoms with Crippen molar-refractivity contribution in [3.63, 3.8) is 0 Å². The Bertz CT molecular complexity index is 189. The Hall–Kier alpha value is -0.290. The lowest BCUT2D eigenvalue weighted by Crippen LogP contribution is -2.30. The van der Waals surface area contributed by atoms with E-state index >= 15 is 0 Å². The van der Waals surface area contributed by atoms with Gasteiger partial charge in [0.25, 0.3) is 0 Å². The molecule has 0 spiro atoms. The summed E-state index contributed by atoms with van der Waals surface area (Å²) < 4.78 is 9.01. The van der Waals surface area contributed by atoms with Gasteiger partial charge in [0.2, 0.25) is 4.38 Å². The van der Waals surface area contributed by atoms with Gasteiger partial charge in [-0.1, -0.05) is 11.8 Å². The normalized spacial score (nSPS) is 10.7. The summed E-state index contributed by atoms with van der Waals surface area (Å²) in [5.74, 6) is -0.313. The summed E-state index contributed by atoms with van der Waals surface area (Å²) in [5.41, 5.74) is 0. The first-order valence-electron chi connectivity index (χ1n) is 3.29. The molecular formula is C7H12O3S2. The number of thiocarbonyl (C=S) groups is 1. The fourth-order valence-electron chi connectivity index (χ4n) is 0.537. The maximum atomic E-state index is 11.1. The molecule has 5 heteroatoms. The molecule has 0 amide bonds. The van der Waals surface area contributed by atoms with Crippen molar-refractivity contribution in [2.75, 3.05) is 14.2 Å². The van der Waals surface area contributed by atoms with Crippen LogP contribution in [-0.2, 0) is 14.3 Å². The fraction of sp³-hybridized carbons (Fsp3) is 0.714. The van der Waals surface area contributed by atoms with Crippen molar-refractivity contribution in [2.45, 2.75) is 18.6 Å². The van der Waals surface area contributed by atoms with Gasteiger partial charge in [-0.3, -0.25) is 4.79 Å². The maximum absolute atomic E-state index is 11.1. The molecule has 70 valence electrons. The van der Waals surface area contributed by atoms with E-state index in [1.54, 1.807) is 13.8 Å². The Morgan fingerprint density at radius 3 is 2.17 bits per heavy atom. The van der Waals surface area contributed by atoms with E-state index in [9.17, 15) is 4.79 Å². The summed E-state index contributed by atoms with van der Waals surface area (Å²) in [4.78, 5) is 11.1. The lowest BCUT2D eigenvalue weighted by Gasteiger charge is -2.19. The number of rotatable bonds is 2. The van der Waals surface area contributed by atoms with Gasteiger partial charge in [0.1, 0.15) is 4.75 Å². The van der Waals surface area contributed by atoms with E-state index < -0.39 is 4.75 Å². The van der Waals surface area contributed by atoms with Gasteiger partial charge in [0.05, 0.1) is 14.2 Å². The zero-order valence-electron chi connectivity index (χ0n) is 7.54. The minimum Gasteiger partial charge on any atom is -0.482 e. The highest BCUT2D eigenvalue weighted by Crippen LogP contribution is 2.27. The first-order chi connectivity index (χ1) is 5.44. The van der Waals surface area contributed by atoms with Gasteiger partial charge >= 0.3 is 5.97 Å². The van der Waals surface area contributed by atoms with Crippen LogP contribution in [0.4, 0.5) is 0 Å². The van der Waals surface area contributed by atoms with Gasteiger partial charge in [-0.2, -0.15) is 0 Å². The summed E-state index contributed by atoms with van der Waals surface area (Å²) in [6, 6.07) is 0. The van der Waals surface area contributed by atoms with E-state index in [0.717, 1.165) is 0 Å². The molecule has 0 saturated carbocycles. The SMILES string of the molecule is COC(=O)C(C)(C)SC(=S)OC. The standard InChI is InChI=1S/C7H12O3S2/c1-7(2,5(8)9-3)12-6(11)10-4/h1-4H3. The van der Waals surface area contributed by atoms with Gasteiger partial charge in [-0.05, 0) is 26.1 Å². The zero-order valence-corrected chi connectivity index (χ0v) is 9.17. The second-order valence-corrected chi connectivity index (χ2v) is 4.78. The molecule has 0 rings (SSSR count). The van der Waals surface area contributed by atoms with Crippen LogP contribution in [0, 0.1) is 0 Å². The zero-order chi connectivity index (χ0) is 9.78. The van der Waals surface area contributed by atoms with Crippen LogP contribution in [0.1, 0.15) is 13.8 Å². The van der Waals surface area contributed by atoms with Crippen LogP contribution in [0.25, 0.3) is 0 Å². The van der Waals surface area contributed by atoms with Crippen molar-refractivity contribution in [3.8, 4) is 0 Å². The molecule has 0 bridgehead atoms. The predicted octanol–water partition coefficient (Wildman–Crippen LogP) is 1.60. The monoisotopic (exact) mass is 208 g/mol. The van der Waals surface area contributed by atoms with E-state index in [1.165, 1.54) is 26.0 Å². The molecule has 3 nitrogen and oxygen atoms in total. The molecule has 0 aromatic heterocycles. The van der Waals surface area contributed by atoms with E-state index in [1.807, 2.05) is 0 Å². The summed E-state index contributed by atoms with van der Waals surface area (Å²) in [6.45, 7) is 3.46. The molecule has 0 aliphatic carbocycles. The highest BCUT2D eigenvalue weighted by Gasteiger charge is 2.31. The number of methoxy groups -OCH3 is 2. The summed E-state index contributed by atoms with van der Waals surface area (Å²) in [6.07, 6.45) is 0. The fourth-order valence-corrected chi connectivity index (χ4v) is 1.83. The molecule has 0 aliphatic rings. The Labute approximate surface area is 81.8 Å². The van der Waals surface area contributed by atoms with Crippen LogP contribution < -0.4 is 0 Å². The van der Waals surface area contributed by atoms with Gasteiger partial charge < -0.3 is 9.47 Å². The average Bonchev–Trinajstić information content (AvgIpc) is 2.02. The molecule has 0 saturated heterocycles. The topological polar surface area (TPSA) is 35.5 Å². The van der Waals surface area contributed by atoms with Crippen LogP contribution in [0.15, 0.2) is 0 Å². The van der Waals surface area contributed by atoms with E-state index in [2.05, 4.69) is 4.74 Å². The number of hydrogen-bond donors (Lipinski definition) is 0. The molecule has 12 heavy (non-hydrogen) atoms. The third-order valence-electron chi connectivity index (χ3n) is 1.18. The highest BCUT2D eigenvalue weighted by atomic mass is 32.2. The van der Waals surface area contributed by atoms with Crippen LogP contribution in [-0.4, -0.2) is 29.3 Å². The summed E-state index contributed by atoms with van der Waals surface area (Å²) in [7, 11) is 2.82. The largest absolute Gasteiger partial charge is 0.482 e. The number of esters is 1. The molecule has 0 aromatic rings. The first-order valence-corrected chi connectivity index (χ1v) is 4.52. The van der Waals surface area contributed by atoms with E-state index in [0.29, 0.717) is 4.38 Å². The Morgan fingerprint density at radius 2 is 1.83 bits per heavy atom. The molecule has 0 radical (unpaired) electrons. The molecule has 0 aromatic carbocycles. The lowest BCUT2D eigenvalue weighted by atomic mass is 10.2. The van der Waals surface area contributed by atoms with Crippen molar-refractivity contribution in [3.05, 3.63) is 0 Å². The third-order valence-corrected chi connectivity index (χ3v) is 2.61. The van der Waals surface area contributed by atoms with Gasteiger partial charge in [-0.25, -0.2) is 0 Å². The van der Waals surface area contributed by atoms with E-state index in [-0.39, 0.29) is 5.97 Å². The molecule has 0 fully saturated rings. The van der Waals surface area contributed by atoms with Crippen molar-refractivity contribution >= 4 is 34.3 Å². The number of hydrogen-bond acceptors (Lipinski definition) is 5. The molecule has 0 aliphatic heterocycles. The smallest absolute Gasteiger partial charge is 0.321 e. The Balaban J connectivity index is 4.21. The molecule has 0 atom stereocenters. The quantitative estimate of drug-likeness (QED) is 0.509. The number of thioether (sulfide) groups is 1. The van der Waals surface area contributed by atoms with Crippen molar-refractivity contribution < 1.29 is 14.3 Å². The van der Waals surface area contributed by atoms with Crippen LogP contribution in [0.3, 0.4) is 0 Å². The Morgan fingerprint density at radius 1 is 1.33 bits per heavy atom. The number of carbonyl (C=O) groups excluding carboxylic acids is 1. The molecule has 0 N–H and O–H groups in total. The third kappa shape index (κ3) is 3.40. The van der Waals surface area contributed by atoms with Crippen molar-refractivity contribution in [1.82, 2.24) is 0 Å². The second kappa shape index (κ2) is 4.67. The minimum absolute atomic E-state index is 0.313. The molecule has 0 heterocycles. The molecule has 0 unspecified atom stereocenters. The molecular weight excluding hydrogens is 196 g/mol. The van der Waals surface area contributed by atoms with Gasteiger partial charge in [0, 0.05) is 0 Å². The minimum atomic E-state index is -0.679.